The zero-order chi connectivity index (χ0) is 13.2. The fourth-order valence-corrected chi connectivity index (χ4v) is 2.63. The van der Waals surface area contributed by atoms with Gasteiger partial charge in [0.1, 0.15) is 10.9 Å². The number of rotatable bonds is 2. The molecule has 1 N–H and O–H groups in total. The second kappa shape index (κ2) is 5.05. The van der Waals surface area contributed by atoms with Gasteiger partial charge in [-0.2, -0.15) is 0 Å². The third-order valence-corrected chi connectivity index (χ3v) is 3.66. The van der Waals surface area contributed by atoms with E-state index < -0.39 is 0 Å². The molecule has 0 fully saturated rings. The lowest BCUT2D eigenvalue weighted by Gasteiger charge is -2.22. The fourth-order valence-electron chi connectivity index (χ4n) is 2.43. The van der Waals surface area contributed by atoms with Gasteiger partial charge in [-0.05, 0) is 31.0 Å². The van der Waals surface area contributed by atoms with E-state index >= 15 is 0 Å². The number of nitrogens with one attached hydrogen (secondary N) is 1. The Labute approximate surface area is 115 Å². The van der Waals surface area contributed by atoms with Crippen molar-refractivity contribution >= 4 is 17.5 Å². The lowest BCUT2D eigenvalue weighted by atomic mass is 9.93. The summed E-state index contributed by atoms with van der Waals surface area (Å²) < 4.78 is 5.41. The molecule has 0 aliphatic heterocycles. The molecule has 2 aromatic rings. The Balaban J connectivity index is 1.80. The smallest absolute Gasteiger partial charge is 0.254 e. The zero-order valence-corrected chi connectivity index (χ0v) is 11.0. The van der Waals surface area contributed by atoms with Crippen LogP contribution in [-0.4, -0.2) is 10.9 Å². The third-order valence-electron chi connectivity index (χ3n) is 3.36. The number of fused-ring (bicyclic) bond motifs is 1. The average molecular weight is 277 g/mol. The summed E-state index contributed by atoms with van der Waals surface area (Å²) in [5, 5.41) is 3.22. The quantitative estimate of drug-likeness (QED) is 0.858. The second-order valence-electron chi connectivity index (χ2n) is 4.56. The molecule has 98 valence electrons. The summed E-state index contributed by atoms with van der Waals surface area (Å²) >= 11 is 5.93. The van der Waals surface area contributed by atoms with Gasteiger partial charge in [-0.1, -0.05) is 11.6 Å². The van der Waals surface area contributed by atoms with Gasteiger partial charge in [0.25, 0.3) is 5.91 Å². The highest BCUT2D eigenvalue weighted by atomic mass is 35.5. The van der Waals surface area contributed by atoms with Crippen LogP contribution in [0.3, 0.4) is 0 Å². The minimum absolute atomic E-state index is 0.00808. The molecule has 5 heteroatoms. The molecule has 0 aromatic carbocycles. The summed E-state index contributed by atoms with van der Waals surface area (Å²) in [5.74, 6) is 0.769. The van der Waals surface area contributed by atoms with E-state index in [2.05, 4.69) is 10.3 Å². The van der Waals surface area contributed by atoms with Crippen LogP contribution >= 0.6 is 11.6 Å². The van der Waals surface area contributed by atoms with E-state index in [1.807, 2.05) is 6.07 Å². The molecule has 0 spiro atoms. The van der Waals surface area contributed by atoms with Gasteiger partial charge < -0.3 is 9.73 Å². The molecule has 1 amide bonds. The van der Waals surface area contributed by atoms with Crippen molar-refractivity contribution in [3.8, 4) is 0 Å². The Morgan fingerprint density at radius 1 is 1.47 bits per heavy atom. The molecule has 0 radical (unpaired) electrons. The molecule has 3 rings (SSSR count). The van der Waals surface area contributed by atoms with Crippen molar-refractivity contribution in [2.24, 2.45) is 0 Å². The predicted molar refractivity (Wildman–Crippen MR) is 71.1 cm³/mol. The van der Waals surface area contributed by atoms with Crippen molar-refractivity contribution in [3.63, 3.8) is 0 Å². The zero-order valence-electron chi connectivity index (χ0n) is 10.2. The van der Waals surface area contributed by atoms with Crippen LogP contribution in [0, 0.1) is 0 Å². The first-order chi connectivity index (χ1) is 9.25. The van der Waals surface area contributed by atoms with Crippen LogP contribution in [0.5, 0.6) is 0 Å². The molecule has 1 unspecified atom stereocenters. The summed E-state index contributed by atoms with van der Waals surface area (Å²) in [6.45, 7) is 0. The summed E-state index contributed by atoms with van der Waals surface area (Å²) in [6, 6.07) is 5.28. The number of furan rings is 1. The van der Waals surface area contributed by atoms with Crippen molar-refractivity contribution in [3.05, 3.63) is 52.7 Å². The van der Waals surface area contributed by atoms with Gasteiger partial charge in [0.15, 0.2) is 0 Å². The van der Waals surface area contributed by atoms with E-state index in [0.29, 0.717) is 5.56 Å². The van der Waals surface area contributed by atoms with E-state index in [9.17, 15) is 4.79 Å². The maximum atomic E-state index is 12.2. The third kappa shape index (κ3) is 2.36. The molecular formula is C14H13ClN2O2. The standard InChI is InChI=1S/C14H13ClN2O2/c15-13-10(3-2-7-16-13)14(18)17-11-4-1-5-12-9(11)6-8-19-12/h2-3,6-8,11H,1,4-5H2,(H,17,18). The van der Waals surface area contributed by atoms with Gasteiger partial charge in [-0.25, -0.2) is 4.98 Å². The number of hydrogen-bond donors (Lipinski definition) is 1. The molecule has 4 nitrogen and oxygen atoms in total. The maximum Gasteiger partial charge on any atom is 0.254 e. The van der Waals surface area contributed by atoms with E-state index in [-0.39, 0.29) is 17.1 Å². The first kappa shape index (κ1) is 12.2. The maximum absolute atomic E-state index is 12.2. The van der Waals surface area contributed by atoms with Crippen molar-refractivity contribution in [1.29, 1.82) is 0 Å². The van der Waals surface area contributed by atoms with Crippen molar-refractivity contribution in [2.75, 3.05) is 0 Å². The van der Waals surface area contributed by atoms with Crippen molar-refractivity contribution < 1.29 is 9.21 Å². The molecule has 1 aliphatic rings. The van der Waals surface area contributed by atoms with Crippen LogP contribution in [0.1, 0.15) is 40.6 Å². The monoisotopic (exact) mass is 276 g/mol. The second-order valence-corrected chi connectivity index (χ2v) is 4.92. The van der Waals surface area contributed by atoms with Gasteiger partial charge >= 0.3 is 0 Å². The van der Waals surface area contributed by atoms with E-state index in [4.69, 9.17) is 16.0 Å². The number of nitrogens with zero attached hydrogens (tertiary/aromatic N) is 1. The van der Waals surface area contributed by atoms with Gasteiger partial charge in [0.2, 0.25) is 0 Å². The van der Waals surface area contributed by atoms with Gasteiger partial charge in [-0.3, -0.25) is 4.79 Å². The van der Waals surface area contributed by atoms with Crippen molar-refractivity contribution in [2.45, 2.75) is 25.3 Å². The van der Waals surface area contributed by atoms with Crippen LogP contribution in [-0.2, 0) is 6.42 Å². The summed E-state index contributed by atoms with van der Waals surface area (Å²) in [7, 11) is 0. The molecular weight excluding hydrogens is 264 g/mol. The van der Waals surface area contributed by atoms with Crippen LogP contribution in [0.25, 0.3) is 0 Å². The molecule has 2 heterocycles. The number of hydrogen-bond acceptors (Lipinski definition) is 3. The SMILES string of the molecule is O=C(NC1CCCc2occc21)c1cccnc1Cl. The van der Waals surface area contributed by atoms with Gasteiger partial charge in [0.05, 0.1) is 17.9 Å². The lowest BCUT2D eigenvalue weighted by molar-refractivity contribution is 0.0932. The van der Waals surface area contributed by atoms with Gasteiger partial charge in [0, 0.05) is 18.2 Å². The topological polar surface area (TPSA) is 55.1 Å². The summed E-state index contributed by atoms with van der Waals surface area (Å²) in [4.78, 5) is 16.1. The molecule has 1 atom stereocenters. The average Bonchev–Trinajstić information content (AvgIpc) is 2.88. The number of carbonyl (C=O) groups excluding carboxylic acids is 1. The number of aryl methyl sites for hydroxylation is 1. The Bertz CT molecular complexity index is 609. The Kier molecular flexibility index (Phi) is 3.25. The van der Waals surface area contributed by atoms with E-state index in [0.717, 1.165) is 30.6 Å². The molecule has 19 heavy (non-hydrogen) atoms. The number of aromatic nitrogens is 1. The van der Waals surface area contributed by atoms with E-state index in [1.54, 1.807) is 24.6 Å². The molecule has 0 saturated carbocycles. The highest BCUT2D eigenvalue weighted by Gasteiger charge is 2.25. The van der Waals surface area contributed by atoms with Crippen LogP contribution in [0.2, 0.25) is 5.15 Å². The van der Waals surface area contributed by atoms with Crippen molar-refractivity contribution in [1.82, 2.24) is 10.3 Å². The molecule has 2 aromatic heterocycles. The Morgan fingerprint density at radius 3 is 3.21 bits per heavy atom. The minimum Gasteiger partial charge on any atom is -0.469 e. The van der Waals surface area contributed by atoms with Crippen LogP contribution in [0.15, 0.2) is 35.1 Å². The fraction of sp³-hybridized carbons (Fsp3) is 0.286. The number of carbonyl (C=O) groups is 1. The largest absolute Gasteiger partial charge is 0.469 e. The first-order valence-electron chi connectivity index (χ1n) is 6.23. The first-order valence-corrected chi connectivity index (χ1v) is 6.61. The van der Waals surface area contributed by atoms with Crippen LogP contribution < -0.4 is 5.32 Å². The summed E-state index contributed by atoms with van der Waals surface area (Å²) in [6.07, 6.45) is 6.09. The Morgan fingerprint density at radius 2 is 2.37 bits per heavy atom. The van der Waals surface area contributed by atoms with Gasteiger partial charge in [-0.15, -0.1) is 0 Å². The van der Waals surface area contributed by atoms with E-state index in [1.165, 1.54) is 0 Å². The molecule has 0 bridgehead atoms. The number of pyridine rings is 1. The lowest BCUT2D eigenvalue weighted by Crippen LogP contribution is -2.30. The molecule has 1 aliphatic carbocycles. The van der Waals surface area contributed by atoms with Crippen LogP contribution in [0.4, 0.5) is 0 Å². The predicted octanol–water partition coefficient (Wildman–Crippen LogP) is 3.14. The normalized spacial score (nSPS) is 17.8. The summed E-state index contributed by atoms with van der Waals surface area (Å²) in [5.41, 5.74) is 1.47. The number of halogens is 1. The molecule has 0 saturated heterocycles. The highest BCUT2D eigenvalue weighted by Crippen LogP contribution is 2.30. The minimum atomic E-state index is -0.197. The Hall–Kier alpha value is -1.81. The highest BCUT2D eigenvalue weighted by molar-refractivity contribution is 6.32. The number of amides is 1.